The molecule has 1 heterocycles. The number of ether oxygens (including phenoxy) is 1. The molecule has 5 nitrogen and oxygen atoms in total. The number of benzene rings is 1. The normalized spacial score (nSPS) is 27.6. The molecule has 1 saturated heterocycles. The van der Waals surface area contributed by atoms with Gasteiger partial charge in [0.1, 0.15) is 0 Å². The van der Waals surface area contributed by atoms with Crippen LogP contribution in [-0.4, -0.2) is 43.3 Å². The lowest BCUT2D eigenvalue weighted by Gasteiger charge is -2.55. The Morgan fingerprint density at radius 2 is 2.00 bits per heavy atom. The van der Waals surface area contributed by atoms with Crippen molar-refractivity contribution in [3.8, 4) is 0 Å². The lowest BCUT2D eigenvalue weighted by atomic mass is 9.57. The molecule has 28 heavy (non-hydrogen) atoms. The molecule has 3 N–H and O–H groups in total. The van der Waals surface area contributed by atoms with Crippen LogP contribution in [0.4, 0.5) is 0 Å². The summed E-state index contributed by atoms with van der Waals surface area (Å²) in [6.07, 6.45) is 1.53. The number of rotatable bonds is 7. The summed E-state index contributed by atoms with van der Waals surface area (Å²) < 4.78 is 5.93. The molecule has 156 valence electrons. The standard InChI is InChI=1S/C23H38N4O/c1-7-24-21(26-19-18-13-14-28-20(18)23(19,5)6)25-15-22(3,4)27-16(2)17-11-9-8-10-12-17/h8-12,16,18-20,27H,7,13-15H2,1-6H3,(H2,24,25,26). The number of nitrogens with zero attached hydrogens (tertiary/aromatic N) is 1. The van der Waals surface area contributed by atoms with E-state index in [1.165, 1.54) is 5.56 Å². The predicted octanol–water partition coefficient (Wildman–Crippen LogP) is 3.48. The van der Waals surface area contributed by atoms with Crippen LogP contribution >= 0.6 is 0 Å². The van der Waals surface area contributed by atoms with Gasteiger partial charge in [0.05, 0.1) is 12.6 Å². The number of hydrogen-bond acceptors (Lipinski definition) is 3. The third-order valence-corrected chi connectivity index (χ3v) is 6.28. The minimum Gasteiger partial charge on any atom is -0.377 e. The second kappa shape index (κ2) is 8.42. The van der Waals surface area contributed by atoms with Gasteiger partial charge in [-0.1, -0.05) is 44.2 Å². The highest BCUT2D eigenvalue weighted by molar-refractivity contribution is 5.80. The first-order chi connectivity index (χ1) is 13.2. The van der Waals surface area contributed by atoms with Gasteiger partial charge in [-0.15, -0.1) is 0 Å². The van der Waals surface area contributed by atoms with Gasteiger partial charge >= 0.3 is 0 Å². The van der Waals surface area contributed by atoms with Crippen LogP contribution < -0.4 is 16.0 Å². The number of guanidine groups is 1. The van der Waals surface area contributed by atoms with Crippen molar-refractivity contribution in [1.82, 2.24) is 16.0 Å². The summed E-state index contributed by atoms with van der Waals surface area (Å²) >= 11 is 0. The minimum absolute atomic E-state index is 0.105. The zero-order valence-electron chi connectivity index (χ0n) is 18.4. The highest BCUT2D eigenvalue weighted by Crippen LogP contribution is 2.52. The Balaban J connectivity index is 1.61. The van der Waals surface area contributed by atoms with E-state index >= 15 is 0 Å². The largest absolute Gasteiger partial charge is 0.377 e. The highest BCUT2D eigenvalue weighted by atomic mass is 16.5. The van der Waals surface area contributed by atoms with E-state index in [9.17, 15) is 0 Å². The van der Waals surface area contributed by atoms with Gasteiger partial charge in [-0.2, -0.15) is 0 Å². The van der Waals surface area contributed by atoms with Crippen LogP contribution in [0.25, 0.3) is 0 Å². The molecule has 0 aromatic heterocycles. The second-order valence-electron chi connectivity index (χ2n) is 9.54. The maximum Gasteiger partial charge on any atom is 0.191 e. The Morgan fingerprint density at radius 1 is 1.29 bits per heavy atom. The third kappa shape index (κ3) is 4.52. The van der Waals surface area contributed by atoms with E-state index in [0.717, 1.165) is 25.5 Å². The maximum atomic E-state index is 5.93. The van der Waals surface area contributed by atoms with Crippen molar-refractivity contribution in [3.05, 3.63) is 35.9 Å². The van der Waals surface area contributed by atoms with Gasteiger partial charge < -0.3 is 20.7 Å². The van der Waals surface area contributed by atoms with Crippen LogP contribution in [0.15, 0.2) is 35.3 Å². The third-order valence-electron chi connectivity index (χ3n) is 6.28. The molecule has 4 unspecified atom stereocenters. The molecule has 2 aliphatic rings. The fourth-order valence-electron chi connectivity index (χ4n) is 4.82. The van der Waals surface area contributed by atoms with E-state index in [0.29, 0.717) is 24.6 Å². The molecule has 1 aromatic rings. The van der Waals surface area contributed by atoms with E-state index in [2.05, 4.69) is 87.8 Å². The summed E-state index contributed by atoms with van der Waals surface area (Å²) in [5.41, 5.74) is 1.34. The Kier molecular flexibility index (Phi) is 6.35. The fraction of sp³-hybridized carbons (Fsp3) is 0.696. The van der Waals surface area contributed by atoms with Crippen molar-refractivity contribution in [3.63, 3.8) is 0 Å². The summed E-state index contributed by atoms with van der Waals surface area (Å²) in [6.45, 7) is 15.8. The van der Waals surface area contributed by atoms with Crippen LogP contribution in [0.2, 0.25) is 0 Å². The minimum atomic E-state index is -0.105. The average Bonchev–Trinajstić information content (AvgIpc) is 3.11. The lowest BCUT2D eigenvalue weighted by molar-refractivity contribution is -0.106. The Morgan fingerprint density at radius 3 is 2.68 bits per heavy atom. The van der Waals surface area contributed by atoms with Gasteiger partial charge in [0, 0.05) is 42.1 Å². The van der Waals surface area contributed by atoms with Gasteiger partial charge in [-0.3, -0.25) is 4.99 Å². The first kappa shape index (κ1) is 21.1. The van der Waals surface area contributed by atoms with Crippen LogP contribution in [-0.2, 0) is 4.74 Å². The van der Waals surface area contributed by atoms with E-state index < -0.39 is 0 Å². The van der Waals surface area contributed by atoms with E-state index in [-0.39, 0.29) is 17.0 Å². The van der Waals surface area contributed by atoms with E-state index in [1.54, 1.807) is 0 Å². The summed E-state index contributed by atoms with van der Waals surface area (Å²) in [5.74, 6) is 1.51. The van der Waals surface area contributed by atoms with Crippen molar-refractivity contribution in [2.75, 3.05) is 19.7 Å². The first-order valence-corrected chi connectivity index (χ1v) is 10.7. The number of fused-ring (bicyclic) bond motifs is 1. The van der Waals surface area contributed by atoms with Crippen LogP contribution in [0.1, 0.15) is 59.6 Å². The Hall–Kier alpha value is -1.59. The summed E-state index contributed by atoms with van der Waals surface area (Å²) in [5, 5.41) is 10.9. The predicted molar refractivity (Wildman–Crippen MR) is 117 cm³/mol. The molecule has 1 aromatic carbocycles. The molecule has 4 atom stereocenters. The molecular formula is C23H38N4O. The molecule has 1 aliphatic carbocycles. The maximum absolute atomic E-state index is 5.93. The summed E-state index contributed by atoms with van der Waals surface area (Å²) in [4.78, 5) is 4.92. The number of nitrogens with one attached hydrogen (secondary N) is 3. The smallest absolute Gasteiger partial charge is 0.191 e. The molecule has 2 fully saturated rings. The molecule has 0 amide bonds. The fourth-order valence-corrected chi connectivity index (χ4v) is 4.82. The quantitative estimate of drug-likeness (QED) is 0.496. The van der Waals surface area contributed by atoms with Gasteiger partial charge in [-0.25, -0.2) is 0 Å². The molecule has 0 spiro atoms. The molecule has 3 rings (SSSR count). The molecule has 0 bridgehead atoms. The van der Waals surface area contributed by atoms with Gasteiger partial charge in [-0.05, 0) is 39.7 Å². The lowest BCUT2D eigenvalue weighted by Crippen LogP contribution is -2.68. The average molecular weight is 387 g/mol. The molecular weight excluding hydrogens is 348 g/mol. The van der Waals surface area contributed by atoms with Gasteiger partial charge in [0.25, 0.3) is 0 Å². The van der Waals surface area contributed by atoms with Crippen molar-refractivity contribution >= 4 is 5.96 Å². The molecule has 1 aliphatic heterocycles. The van der Waals surface area contributed by atoms with Gasteiger partial charge in [0.2, 0.25) is 0 Å². The van der Waals surface area contributed by atoms with E-state index in [4.69, 9.17) is 9.73 Å². The Bertz CT molecular complexity index is 670. The second-order valence-corrected chi connectivity index (χ2v) is 9.54. The van der Waals surface area contributed by atoms with Crippen molar-refractivity contribution in [2.24, 2.45) is 16.3 Å². The summed E-state index contributed by atoms with van der Waals surface area (Å²) in [7, 11) is 0. The van der Waals surface area contributed by atoms with Crippen LogP contribution in [0.3, 0.4) is 0 Å². The molecule has 1 saturated carbocycles. The zero-order valence-corrected chi connectivity index (χ0v) is 18.4. The zero-order chi connectivity index (χ0) is 20.4. The first-order valence-electron chi connectivity index (χ1n) is 10.7. The monoisotopic (exact) mass is 386 g/mol. The van der Waals surface area contributed by atoms with Crippen LogP contribution in [0.5, 0.6) is 0 Å². The van der Waals surface area contributed by atoms with Crippen LogP contribution in [0, 0.1) is 11.3 Å². The topological polar surface area (TPSA) is 57.7 Å². The van der Waals surface area contributed by atoms with Gasteiger partial charge in [0.15, 0.2) is 5.96 Å². The van der Waals surface area contributed by atoms with Crippen molar-refractivity contribution in [2.45, 2.75) is 71.7 Å². The summed E-state index contributed by atoms with van der Waals surface area (Å²) in [6, 6.07) is 11.3. The molecule has 0 radical (unpaired) electrons. The number of hydrogen-bond donors (Lipinski definition) is 3. The van der Waals surface area contributed by atoms with Crippen molar-refractivity contribution < 1.29 is 4.74 Å². The highest BCUT2D eigenvalue weighted by Gasteiger charge is 2.59. The SMILES string of the molecule is CCNC(=NCC(C)(C)NC(C)c1ccccc1)NC1C2CCOC2C1(C)C. The molecule has 5 heteroatoms. The van der Waals surface area contributed by atoms with E-state index in [1.807, 2.05) is 0 Å². The Labute approximate surface area is 170 Å². The number of aliphatic imine (C=N–C) groups is 1. The van der Waals surface area contributed by atoms with Crippen molar-refractivity contribution in [1.29, 1.82) is 0 Å².